The summed E-state index contributed by atoms with van der Waals surface area (Å²) in [7, 11) is 1.44. The number of methoxy groups -OCH3 is 1. The maximum absolute atomic E-state index is 12.6. The van der Waals surface area contributed by atoms with E-state index < -0.39 is 5.91 Å². The highest BCUT2D eigenvalue weighted by Crippen LogP contribution is 2.36. The van der Waals surface area contributed by atoms with Crippen molar-refractivity contribution in [2.75, 3.05) is 13.7 Å². The van der Waals surface area contributed by atoms with E-state index in [4.69, 9.17) is 26.8 Å². The molecule has 1 aromatic rings. The highest BCUT2D eigenvalue weighted by molar-refractivity contribution is 6.32. The number of hydrogen-bond donors (Lipinski definition) is 2. The third-order valence-electron chi connectivity index (χ3n) is 4.87. The molecule has 138 valence electrons. The molecular formula is C18H25ClN2O4. The van der Waals surface area contributed by atoms with E-state index in [9.17, 15) is 9.59 Å². The monoisotopic (exact) mass is 368 g/mol. The lowest BCUT2D eigenvalue weighted by Crippen LogP contribution is -2.43. The van der Waals surface area contributed by atoms with E-state index in [1.54, 1.807) is 6.07 Å². The van der Waals surface area contributed by atoms with E-state index in [0.717, 1.165) is 12.8 Å². The van der Waals surface area contributed by atoms with Gasteiger partial charge in [-0.25, -0.2) is 0 Å². The zero-order chi connectivity index (χ0) is 18.6. The fourth-order valence-corrected chi connectivity index (χ4v) is 3.44. The highest BCUT2D eigenvalue weighted by Gasteiger charge is 2.28. The fourth-order valence-electron chi connectivity index (χ4n) is 3.17. The Labute approximate surface area is 153 Å². The molecule has 1 aliphatic carbocycles. The quantitative estimate of drug-likeness (QED) is 0.807. The molecule has 3 unspecified atom stereocenters. The number of ether oxygens (including phenoxy) is 2. The van der Waals surface area contributed by atoms with Crippen LogP contribution in [0, 0.1) is 11.8 Å². The van der Waals surface area contributed by atoms with Gasteiger partial charge >= 0.3 is 0 Å². The van der Waals surface area contributed by atoms with Gasteiger partial charge in [-0.15, -0.1) is 0 Å². The topological polar surface area (TPSA) is 90.7 Å². The van der Waals surface area contributed by atoms with Crippen molar-refractivity contribution < 1.29 is 19.1 Å². The molecule has 25 heavy (non-hydrogen) atoms. The third kappa shape index (κ3) is 4.78. The van der Waals surface area contributed by atoms with Crippen LogP contribution < -0.4 is 20.5 Å². The fraction of sp³-hybridized carbons (Fsp3) is 0.556. The number of amides is 2. The first-order valence-corrected chi connectivity index (χ1v) is 8.80. The average molecular weight is 369 g/mol. The van der Waals surface area contributed by atoms with Gasteiger partial charge in [0.05, 0.1) is 12.1 Å². The first-order chi connectivity index (χ1) is 11.8. The lowest BCUT2D eigenvalue weighted by Gasteiger charge is -2.34. The van der Waals surface area contributed by atoms with Crippen LogP contribution in [0.3, 0.4) is 0 Å². The van der Waals surface area contributed by atoms with E-state index in [1.807, 2.05) is 0 Å². The molecule has 0 bridgehead atoms. The van der Waals surface area contributed by atoms with Crippen LogP contribution in [0.25, 0.3) is 0 Å². The van der Waals surface area contributed by atoms with Crippen LogP contribution in [-0.2, 0) is 4.79 Å². The molecule has 6 nitrogen and oxygen atoms in total. The molecule has 0 aliphatic heterocycles. The van der Waals surface area contributed by atoms with Gasteiger partial charge in [0.15, 0.2) is 18.1 Å². The lowest BCUT2D eigenvalue weighted by atomic mass is 9.78. The maximum Gasteiger partial charge on any atom is 0.255 e. The zero-order valence-corrected chi connectivity index (χ0v) is 15.6. The number of benzene rings is 1. The summed E-state index contributed by atoms with van der Waals surface area (Å²) in [5.41, 5.74) is 5.46. The Morgan fingerprint density at radius 3 is 2.68 bits per heavy atom. The SMILES string of the molecule is COc1cc(C(=O)NC2CCCC(C)C2C)cc(Cl)c1OCC(N)=O. The van der Waals surface area contributed by atoms with E-state index in [-0.39, 0.29) is 35.1 Å². The number of carbonyl (C=O) groups is 2. The summed E-state index contributed by atoms with van der Waals surface area (Å²) in [6.45, 7) is 4.07. The van der Waals surface area contributed by atoms with Crippen LogP contribution in [0.2, 0.25) is 5.02 Å². The Bertz CT molecular complexity index is 650. The average Bonchev–Trinajstić information content (AvgIpc) is 2.56. The van der Waals surface area contributed by atoms with Crippen molar-refractivity contribution in [2.24, 2.45) is 17.6 Å². The molecule has 2 rings (SSSR count). The second-order valence-electron chi connectivity index (χ2n) is 6.59. The molecule has 1 aromatic carbocycles. The highest BCUT2D eigenvalue weighted by atomic mass is 35.5. The minimum Gasteiger partial charge on any atom is -0.493 e. The summed E-state index contributed by atoms with van der Waals surface area (Å²) < 4.78 is 10.5. The molecule has 3 N–H and O–H groups in total. The number of halogens is 1. The van der Waals surface area contributed by atoms with Gasteiger partial charge < -0.3 is 20.5 Å². The van der Waals surface area contributed by atoms with Crippen LogP contribution in [0.4, 0.5) is 0 Å². The number of rotatable bonds is 6. The van der Waals surface area contributed by atoms with Crippen molar-refractivity contribution in [1.29, 1.82) is 0 Å². The molecule has 2 amide bonds. The Balaban J connectivity index is 2.16. The Hall–Kier alpha value is -1.95. The van der Waals surface area contributed by atoms with Gasteiger partial charge in [-0.3, -0.25) is 9.59 Å². The summed E-state index contributed by atoms with van der Waals surface area (Å²) in [6, 6.07) is 3.20. The maximum atomic E-state index is 12.6. The molecule has 0 aromatic heterocycles. The molecule has 1 saturated carbocycles. The predicted molar refractivity (Wildman–Crippen MR) is 96.1 cm³/mol. The number of primary amides is 1. The van der Waals surface area contributed by atoms with Gasteiger partial charge in [0.25, 0.3) is 11.8 Å². The van der Waals surface area contributed by atoms with E-state index in [1.165, 1.54) is 19.6 Å². The second-order valence-corrected chi connectivity index (χ2v) is 7.00. The van der Waals surface area contributed by atoms with E-state index in [0.29, 0.717) is 17.4 Å². The molecule has 3 atom stereocenters. The summed E-state index contributed by atoms with van der Waals surface area (Å²) in [4.78, 5) is 23.5. The molecule has 0 radical (unpaired) electrons. The smallest absolute Gasteiger partial charge is 0.255 e. The van der Waals surface area contributed by atoms with Gasteiger partial charge in [-0.2, -0.15) is 0 Å². The zero-order valence-electron chi connectivity index (χ0n) is 14.8. The van der Waals surface area contributed by atoms with Crippen molar-refractivity contribution in [1.82, 2.24) is 5.32 Å². The Kier molecular flexibility index (Phi) is 6.53. The molecule has 0 heterocycles. The van der Waals surface area contributed by atoms with Crippen LogP contribution in [0.15, 0.2) is 12.1 Å². The number of carbonyl (C=O) groups excluding carboxylic acids is 2. The summed E-state index contributed by atoms with van der Waals surface area (Å²) >= 11 is 6.20. The van der Waals surface area contributed by atoms with Crippen molar-refractivity contribution in [3.05, 3.63) is 22.7 Å². The predicted octanol–water partition coefficient (Wildman–Crippen LogP) is 2.77. The van der Waals surface area contributed by atoms with Crippen LogP contribution >= 0.6 is 11.6 Å². The van der Waals surface area contributed by atoms with E-state index >= 15 is 0 Å². The summed E-state index contributed by atoms with van der Waals surface area (Å²) in [5.74, 6) is 0.658. The molecule has 1 fully saturated rings. The molecule has 0 spiro atoms. The summed E-state index contributed by atoms with van der Waals surface area (Å²) in [6.07, 6.45) is 3.28. The number of nitrogens with two attached hydrogens (primary N) is 1. The van der Waals surface area contributed by atoms with Gasteiger partial charge in [-0.1, -0.05) is 38.3 Å². The summed E-state index contributed by atoms with van der Waals surface area (Å²) in [5, 5.41) is 3.29. The molecule has 1 aliphatic rings. The first-order valence-electron chi connectivity index (χ1n) is 8.43. The third-order valence-corrected chi connectivity index (χ3v) is 5.15. The molecule has 7 heteroatoms. The van der Waals surface area contributed by atoms with Gasteiger partial charge in [-0.05, 0) is 30.4 Å². The van der Waals surface area contributed by atoms with Crippen LogP contribution in [0.1, 0.15) is 43.5 Å². The minimum absolute atomic E-state index is 0.145. The van der Waals surface area contributed by atoms with Crippen molar-refractivity contribution in [2.45, 2.75) is 39.2 Å². The Morgan fingerprint density at radius 1 is 1.32 bits per heavy atom. The minimum atomic E-state index is -0.625. The second kappa shape index (κ2) is 8.43. The van der Waals surface area contributed by atoms with Crippen molar-refractivity contribution in [3.63, 3.8) is 0 Å². The first kappa shape index (κ1) is 19.4. The van der Waals surface area contributed by atoms with Gasteiger partial charge in [0.1, 0.15) is 0 Å². The number of nitrogens with one attached hydrogen (secondary N) is 1. The van der Waals surface area contributed by atoms with Crippen molar-refractivity contribution >= 4 is 23.4 Å². The lowest BCUT2D eigenvalue weighted by molar-refractivity contribution is -0.119. The van der Waals surface area contributed by atoms with Gasteiger partial charge in [0.2, 0.25) is 0 Å². The Morgan fingerprint density at radius 2 is 2.04 bits per heavy atom. The molecular weight excluding hydrogens is 344 g/mol. The van der Waals surface area contributed by atoms with E-state index in [2.05, 4.69) is 19.2 Å². The normalized spacial score (nSPS) is 23.0. The van der Waals surface area contributed by atoms with Crippen LogP contribution in [0.5, 0.6) is 11.5 Å². The van der Waals surface area contributed by atoms with Gasteiger partial charge in [0, 0.05) is 11.6 Å². The van der Waals surface area contributed by atoms with Crippen molar-refractivity contribution in [3.8, 4) is 11.5 Å². The standard InChI is InChI=1S/C18H25ClN2O4/c1-10-5-4-6-14(11(10)2)21-18(23)12-7-13(19)17(15(8-12)24-3)25-9-16(20)22/h7-8,10-11,14H,4-6,9H2,1-3H3,(H2,20,22)(H,21,23). The number of hydrogen-bond acceptors (Lipinski definition) is 4. The van der Waals surface area contributed by atoms with Crippen LogP contribution in [-0.4, -0.2) is 31.6 Å². The molecule has 0 saturated heterocycles. The largest absolute Gasteiger partial charge is 0.493 e.